The summed E-state index contributed by atoms with van der Waals surface area (Å²) in [7, 11) is 0. The highest BCUT2D eigenvalue weighted by Crippen LogP contribution is 2.43. The summed E-state index contributed by atoms with van der Waals surface area (Å²) in [6.45, 7) is 3.42. The lowest BCUT2D eigenvalue weighted by atomic mass is 10.1. The summed E-state index contributed by atoms with van der Waals surface area (Å²) in [5.41, 5.74) is 1.98. The van der Waals surface area contributed by atoms with Crippen molar-refractivity contribution in [1.82, 2.24) is 9.36 Å². The van der Waals surface area contributed by atoms with Crippen LogP contribution in [-0.4, -0.2) is 25.2 Å². The van der Waals surface area contributed by atoms with Crippen molar-refractivity contribution in [3.05, 3.63) is 42.9 Å². The molecule has 6 heteroatoms. The van der Waals surface area contributed by atoms with Gasteiger partial charge in [0.25, 0.3) is 0 Å². The number of aromatic nitrogens is 2. The van der Waals surface area contributed by atoms with Gasteiger partial charge in [-0.2, -0.15) is 4.37 Å². The van der Waals surface area contributed by atoms with E-state index in [9.17, 15) is 9.90 Å². The first-order chi connectivity index (χ1) is 10.5. The van der Waals surface area contributed by atoms with Crippen LogP contribution >= 0.6 is 23.3 Å². The molecule has 2 heterocycles. The van der Waals surface area contributed by atoms with E-state index in [1.807, 2.05) is 30.5 Å². The van der Waals surface area contributed by atoms with Gasteiger partial charge in [0.15, 0.2) is 0 Å². The Morgan fingerprint density at radius 3 is 2.77 bits per heavy atom. The number of hydrogen-bond acceptors (Lipinski definition) is 5. The van der Waals surface area contributed by atoms with Crippen LogP contribution in [0.4, 0.5) is 0 Å². The Morgan fingerprint density at radius 1 is 1.27 bits per heavy atom. The molecule has 3 aromatic rings. The molecule has 112 valence electrons. The molecule has 4 nitrogen and oxygen atoms in total. The van der Waals surface area contributed by atoms with Crippen LogP contribution in [0.2, 0.25) is 0 Å². The van der Waals surface area contributed by atoms with Gasteiger partial charge >= 0.3 is 5.97 Å². The summed E-state index contributed by atoms with van der Waals surface area (Å²) in [5, 5.41) is 10.5. The van der Waals surface area contributed by atoms with Crippen LogP contribution < -0.4 is 0 Å². The highest BCUT2D eigenvalue weighted by Gasteiger charge is 2.30. The third-order valence-corrected chi connectivity index (χ3v) is 5.39. The maximum atomic E-state index is 11.4. The van der Waals surface area contributed by atoms with Crippen molar-refractivity contribution in [1.29, 1.82) is 0 Å². The number of hydrogen-bond donors (Lipinski definition) is 1. The third kappa shape index (κ3) is 2.71. The molecule has 0 bridgehead atoms. The molecule has 0 aliphatic heterocycles. The summed E-state index contributed by atoms with van der Waals surface area (Å²) >= 11 is 2.76. The number of carbonyl (C=O) groups is 1. The maximum absolute atomic E-state index is 11.4. The first-order valence-electron chi connectivity index (χ1n) is 6.69. The summed E-state index contributed by atoms with van der Waals surface area (Å²) < 4.78 is 4.40. The van der Waals surface area contributed by atoms with E-state index >= 15 is 0 Å². The van der Waals surface area contributed by atoms with E-state index < -0.39 is 10.7 Å². The minimum absolute atomic E-state index is 0.834. The smallest absolute Gasteiger partial charge is 0.319 e. The van der Waals surface area contributed by atoms with Crippen molar-refractivity contribution in [2.75, 3.05) is 0 Å². The average molecular weight is 330 g/mol. The Morgan fingerprint density at radius 2 is 2.09 bits per heavy atom. The first-order valence-corrected chi connectivity index (χ1v) is 8.28. The van der Waals surface area contributed by atoms with Gasteiger partial charge in [0.1, 0.15) is 4.75 Å². The second kappa shape index (κ2) is 5.70. The van der Waals surface area contributed by atoms with Crippen LogP contribution in [-0.2, 0) is 4.79 Å². The molecule has 0 aliphatic carbocycles. The van der Waals surface area contributed by atoms with Crippen molar-refractivity contribution >= 4 is 39.3 Å². The van der Waals surface area contributed by atoms with Gasteiger partial charge in [-0.25, -0.2) is 0 Å². The number of thioether (sulfide) groups is 1. The molecule has 22 heavy (non-hydrogen) atoms. The molecule has 0 saturated carbocycles. The predicted molar refractivity (Wildman–Crippen MR) is 90.4 cm³/mol. The lowest BCUT2D eigenvalue weighted by Gasteiger charge is -2.20. The van der Waals surface area contributed by atoms with Gasteiger partial charge in [0.2, 0.25) is 0 Å². The van der Waals surface area contributed by atoms with E-state index in [1.54, 1.807) is 26.2 Å². The van der Waals surface area contributed by atoms with Crippen LogP contribution in [0.25, 0.3) is 21.2 Å². The minimum atomic E-state index is -0.907. The highest BCUT2D eigenvalue weighted by atomic mass is 32.2. The molecule has 0 amide bonds. The Hall–Kier alpha value is -1.92. The molecule has 0 atom stereocenters. The zero-order chi connectivity index (χ0) is 15.7. The van der Waals surface area contributed by atoms with Crippen molar-refractivity contribution in [2.24, 2.45) is 0 Å². The van der Waals surface area contributed by atoms with Crippen molar-refractivity contribution < 1.29 is 9.90 Å². The number of carboxylic acids is 1. The molecular weight excluding hydrogens is 316 g/mol. The van der Waals surface area contributed by atoms with E-state index in [-0.39, 0.29) is 0 Å². The lowest BCUT2D eigenvalue weighted by Crippen LogP contribution is -2.26. The SMILES string of the molecule is CC(C)(Sc1ccc2cnsc2c1-c1cccnc1)C(=O)O. The van der Waals surface area contributed by atoms with E-state index in [4.69, 9.17) is 0 Å². The Kier molecular flexibility index (Phi) is 3.88. The lowest BCUT2D eigenvalue weighted by molar-refractivity contribution is -0.138. The normalized spacial score (nSPS) is 11.7. The zero-order valence-electron chi connectivity index (χ0n) is 12.1. The minimum Gasteiger partial charge on any atom is -0.480 e. The standard InChI is InChI=1S/C16H14N2O2S2/c1-16(2,15(19)20)21-12-6-5-11-9-18-22-14(11)13(12)10-4-3-7-17-8-10/h3-9H,1-2H3,(H,19,20). The number of nitrogens with zero attached hydrogens (tertiary/aromatic N) is 2. The van der Waals surface area contributed by atoms with Gasteiger partial charge in [-0.15, -0.1) is 11.8 Å². The topological polar surface area (TPSA) is 63.1 Å². The maximum Gasteiger partial charge on any atom is 0.319 e. The van der Waals surface area contributed by atoms with Gasteiger partial charge in [-0.05, 0) is 37.5 Å². The van der Waals surface area contributed by atoms with Crippen molar-refractivity contribution in [3.63, 3.8) is 0 Å². The Bertz CT molecular complexity index is 829. The third-order valence-electron chi connectivity index (χ3n) is 3.32. The molecule has 1 aromatic carbocycles. The fourth-order valence-corrected chi connectivity index (χ4v) is 4.08. The van der Waals surface area contributed by atoms with E-state index in [1.165, 1.54) is 23.3 Å². The molecule has 0 spiro atoms. The fourth-order valence-electron chi connectivity index (χ4n) is 2.10. The van der Waals surface area contributed by atoms with Crippen LogP contribution in [0.15, 0.2) is 47.8 Å². The Labute approximate surface area is 136 Å². The number of pyridine rings is 1. The van der Waals surface area contributed by atoms with E-state index in [0.717, 1.165) is 26.1 Å². The summed E-state index contributed by atoms with van der Waals surface area (Å²) in [5.74, 6) is -0.834. The van der Waals surface area contributed by atoms with Gasteiger partial charge in [-0.3, -0.25) is 9.78 Å². The number of fused-ring (bicyclic) bond motifs is 1. The summed E-state index contributed by atoms with van der Waals surface area (Å²) in [4.78, 5) is 16.6. The fraction of sp³-hybridized carbons (Fsp3) is 0.188. The zero-order valence-corrected chi connectivity index (χ0v) is 13.7. The summed E-state index contributed by atoms with van der Waals surface area (Å²) in [6, 6.07) is 7.82. The van der Waals surface area contributed by atoms with Gasteiger partial charge in [0, 0.05) is 40.0 Å². The summed E-state index contributed by atoms with van der Waals surface area (Å²) in [6.07, 6.45) is 5.35. The molecule has 3 rings (SSSR count). The largest absolute Gasteiger partial charge is 0.480 e. The molecule has 0 saturated heterocycles. The van der Waals surface area contributed by atoms with Crippen molar-refractivity contribution in [3.8, 4) is 11.1 Å². The quantitative estimate of drug-likeness (QED) is 0.722. The van der Waals surface area contributed by atoms with Gasteiger partial charge < -0.3 is 5.11 Å². The number of aliphatic carboxylic acids is 1. The van der Waals surface area contributed by atoms with Crippen LogP contribution in [0.3, 0.4) is 0 Å². The molecule has 2 aromatic heterocycles. The second-order valence-corrected chi connectivity index (χ2v) is 7.81. The Balaban J connectivity index is 2.20. The molecule has 1 N–H and O–H groups in total. The van der Waals surface area contributed by atoms with Crippen molar-refractivity contribution in [2.45, 2.75) is 23.5 Å². The van der Waals surface area contributed by atoms with Crippen LogP contribution in [0.1, 0.15) is 13.8 Å². The average Bonchev–Trinajstić information content (AvgIpc) is 2.96. The van der Waals surface area contributed by atoms with Crippen LogP contribution in [0.5, 0.6) is 0 Å². The molecular formula is C16H14N2O2S2. The van der Waals surface area contributed by atoms with E-state index in [2.05, 4.69) is 9.36 Å². The highest BCUT2D eigenvalue weighted by molar-refractivity contribution is 8.01. The van der Waals surface area contributed by atoms with Gasteiger partial charge in [-0.1, -0.05) is 12.1 Å². The monoisotopic (exact) mass is 330 g/mol. The van der Waals surface area contributed by atoms with E-state index in [0.29, 0.717) is 0 Å². The second-order valence-electron chi connectivity index (χ2n) is 5.34. The number of carboxylic acid groups (broad SMARTS) is 1. The predicted octanol–water partition coefficient (Wildman–Crippen LogP) is 4.31. The van der Waals surface area contributed by atoms with Crippen LogP contribution in [0, 0.1) is 0 Å². The molecule has 0 radical (unpaired) electrons. The molecule has 0 fully saturated rings. The molecule has 0 aliphatic rings. The first kappa shape index (κ1) is 15.0. The molecule has 0 unspecified atom stereocenters. The number of rotatable bonds is 4. The number of benzene rings is 1. The van der Waals surface area contributed by atoms with Gasteiger partial charge in [0.05, 0.1) is 4.70 Å².